The van der Waals surface area contributed by atoms with E-state index in [9.17, 15) is 14.7 Å². The highest BCUT2D eigenvalue weighted by Gasteiger charge is 2.44. The molecule has 1 unspecified atom stereocenters. The van der Waals surface area contributed by atoms with Crippen LogP contribution in [-0.4, -0.2) is 23.4 Å². The molecule has 0 radical (unpaired) electrons. The summed E-state index contributed by atoms with van der Waals surface area (Å²) in [6.07, 6.45) is 0.264. The Labute approximate surface area is 184 Å². The largest absolute Gasteiger partial charge is 0.503 e. The molecule has 5 nitrogen and oxygen atoms in total. The number of anilines is 1. The van der Waals surface area contributed by atoms with Crippen LogP contribution in [0.4, 0.5) is 5.69 Å². The van der Waals surface area contributed by atoms with Crippen LogP contribution in [0.3, 0.4) is 0 Å². The lowest BCUT2D eigenvalue weighted by Gasteiger charge is -2.27. The molecule has 3 rings (SSSR count). The second-order valence-electron chi connectivity index (χ2n) is 8.97. The number of hydrogen-bond acceptors (Lipinski definition) is 4. The zero-order valence-corrected chi connectivity index (χ0v) is 18.9. The van der Waals surface area contributed by atoms with Crippen molar-refractivity contribution in [3.63, 3.8) is 0 Å². The van der Waals surface area contributed by atoms with Gasteiger partial charge in [-0.15, -0.1) is 0 Å². The Balaban J connectivity index is 2.03. The first-order chi connectivity index (χ1) is 14.7. The average Bonchev–Trinajstić information content (AvgIpc) is 2.98. The van der Waals surface area contributed by atoms with Gasteiger partial charge in [0.05, 0.1) is 18.2 Å². The highest BCUT2D eigenvalue weighted by atomic mass is 16.5. The summed E-state index contributed by atoms with van der Waals surface area (Å²) in [7, 11) is 0. The zero-order valence-electron chi connectivity index (χ0n) is 18.9. The molecular weight excluding hydrogens is 390 g/mol. The van der Waals surface area contributed by atoms with Crippen LogP contribution in [0.1, 0.15) is 51.3 Å². The monoisotopic (exact) mass is 421 g/mol. The number of carbonyl (C=O) groups excluding carboxylic acids is 2. The Bertz CT molecular complexity index is 971. The lowest BCUT2D eigenvalue weighted by Crippen LogP contribution is -2.31. The third-order valence-electron chi connectivity index (χ3n) is 5.19. The summed E-state index contributed by atoms with van der Waals surface area (Å²) in [4.78, 5) is 27.6. The smallest absolute Gasteiger partial charge is 0.294 e. The number of ether oxygens (including phenoxy) is 1. The molecule has 0 bridgehead atoms. The Morgan fingerprint density at radius 2 is 1.61 bits per heavy atom. The predicted octanol–water partition coefficient (Wildman–Crippen LogP) is 5.55. The number of ketones is 1. The van der Waals surface area contributed by atoms with E-state index in [-0.39, 0.29) is 23.7 Å². The van der Waals surface area contributed by atoms with Gasteiger partial charge in [-0.05, 0) is 48.6 Å². The SMILES string of the molecule is Cc1ccc(N2C(=O)C(O)=C(C(=O)CC(C)C)C2c2ccc(OCC(C)C)cc2)cc1. The van der Waals surface area contributed by atoms with Gasteiger partial charge in [0.25, 0.3) is 5.91 Å². The summed E-state index contributed by atoms with van der Waals surface area (Å²) in [6, 6.07) is 14.2. The maximum absolute atomic E-state index is 13.1. The highest BCUT2D eigenvalue weighted by Crippen LogP contribution is 2.42. The van der Waals surface area contributed by atoms with Crippen molar-refractivity contribution < 1.29 is 19.4 Å². The van der Waals surface area contributed by atoms with Gasteiger partial charge in [0.1, 0.15) is 5.75 Å². The molecule has 1 heterocycles. The van der Waals surface area contributed by atoms with Crippen LogP contribution < -0.4 is 9.64 Å². The summed E-state index contributed by atoms with van der Waals surface area (Å²) < 4.78 is 5.77. The van der Waals surface area contributed by atoms with E-state index in [4.69, 9.17) is 4.74 Å². The minimum absolute atomic E-state index is 0.115. The number of benzene rings is 2. The first-order valence-electron chi connectivity index (χ1n) is 10.8. The molecule has 0 saturated carbocycles. The van der Waals surface area contributed by atoms with Crippen molar-refractivity contribution in [2.24, 2.45) is 11.8 Å². The quantitative estimate of drug-likeness (QED) is 0.607. The maximum Gasteiger partial charge on any atom is 0.294 e. The van der Waals surface area contributed by atoms with E-state index in [1.165, 1.54) is 4.90 Å². The van der Waals surface area contributed by atoms with Crippen molar-refractivity contribution in [1.82, 2.24) is 0 Å². The van der Waals surface area contributed by atoms with Crippen molar-refractivity contribution in [2.45, 2.75) is 47.1 Å². The molecule has 0 fully saturated rings. The molecule has 2 aromatic rings. The van der Waals surface area contributed by atoms with Gasteiger partial charge in [0, 0.05) is 12.1 Å². The summed E-state index contributed by atoms with van der Waals surface area (Å²) in [5, 5.41) is 10.7. The van der Waals surface area contributed by atoms with Crippen LogP contribution in [-0.2, 0) is 9.59 Å². The molecule has 0 aliphatic carbocycles. The molecule has 0 saturated heterocycles. The first kappa shape index (κ1) is 22.6. The first-order valence-corrected chi connectivity index (χ1v) is 10.8. The van der Waals surface area contributed by atoms with E-state index in [2.05, 4.69) is 13.8 Å². The molecule has 5 heteroatoms. The average molecular weight is 422 g/mol. The molecule has 1 amide bonds. The summed E-state index contributed by atoms with van der Waals surface area (Å²) >= 11 is 0. The lowest BCUT2D eigenvalue weighted by atomic mass is 9.92. The van der Waals surface area contributed by atoms with Gasteiger partial charge < -0.3 is 9.84 Å². The van der Waals surface area contributed by atoms with Crippen LogP contribution in [0.15, 0.2) is 59.9 Å². The standard InChI is InChI=1S/C26H31NO4/c1-16(2)14-22(28)23-24(19-8-12-21(13-9-19)31-15-17(3)4)27(26(30)25(23)29)20-10-6-18(5)7-11-20/h6-13,16-17,24,29H,14-15H2,1-5H3. The van der Waals surface area contributed by atoms with E-state index in [0.717, 1.165) is 16.9 Å². The Morgan fingerprint density at radius 1 is 1.00 bits per heavy atom. The number of aryl methyl sites for hydroxylation is 1. The number of aliphatic hydroxyl groups is 1. The summed E-state index contributed by atoms with van der Waals surface area (Å²) in [5.74, 6) is 0.0260. The van der Waals surface area contributed by atoms with Crippen LogP contribution in [0.25, 0.3) is 0 Å². The van der Waals surface area contributed by atoms with Crippen molar-refractivity contribution in [1.29, 1.82) is 0 Å². The zero-order chi connectivity index (χ0) is 22.7. The summed E-state index contributed by atoms with van der Waals surface area (Å²) in [5.41, 5.74) is 2.61. The van der Waals surface area contributed by atoms with Crippen molar-refractivity contribution in [2.75, 3.05) is 11.5 Å². The fraction of sp³-hybridized carbons (Fsp3) is 0.385. The molecule has 0 spiro atoms. The Kier molecular flexibility index (Phi) is 6.84. The molecule has 0 aromatic heterocycles. The second-order valence-corrected chi connectivity index (χ2v) is 8.97. The lowest BCUT2D eigenvalue weighted by molar-refractivity contribution is -0.118. The Morgan fingerprint density at radius 3 is 2.16 bits per heavy atom. The normalized spacial score (nSPS) is 16.5. The van der Waals surface area contributed by atoms with Gasteiger partial charge in [-0.25, -0.2) is 0 Å². The third kappa shape index (κ3) is 4.98. The van der Waals surface area contributed by atoms with Gasteiger partial charge in [-0.2, -0.15) is 0 Å². The van der Waals surface area contributed by atoms with E-state index < -0.39 is 17.7 Å². The number of nitrogens with zero attached hydrogens (tertiary/aromatic N) is 1. The third-order valence-corrected chi connectivity index (χ3v) is 5.19. The van der Waals surface area contributed by atoms with E-state index in [1.807, 2.05) is 69.3 Å². The minimum atomic E-state index is -0.680. The fourth-order valence-corrected chi connectivity index (χ4v) is 3.67. The van der Waals surface area contributed by atoms with Gasteiger partial charge in [0.15, 0.2) is 11.5 Å². The fourth-order valence-electron chi connectivity index (χ4n) is 3.67. The molecule has 1 aliphatic heterocycles. The number of hydrogen-bond donors (Lipinski definition) is 1. The number of amides is 1. The minimum Gasteiger partial charge on any atom is -0.503 e. The molecule has 1 atom stereocenters. The van der Waals surface area contributed by atoms with Crippen molar-refractivity contribution in [3.8, 4) is 5.75 Å². The molecule has 2 aromatic carbocycles. The van der Waals surface area contributed by atoms with Gasteiger partial charge in [-0.1, -0.05) is 57.5 Å². The van der Waals surface area contributed by atoms with Crippen molar-refractivity contribution >= 4 is 17.4 Å². The van der Waals surface area contributed by atoms with Gasteiger partial charge in [-0.3, -0.25) is 14.5 Å². The number of rotatable bonds is 8. The van der Waals surface area contributed by atoms with Crippen LogP contribution >= 0.6 is 0 Å². The molecule has 1 aliphatic rings. The highest BCUT2D eigenvalue weighted by molar-refractivity contribution is 6.16. The Hall–Kier alpha value is -3.08. The van der Waals surface area contributed by atoms with Crippen molar-refractivity contribution in [3.05, 3.63) is 71.0 Å². The van der Waals surface area contributed by atoms with E-state index in [1.54, 1.807) is 0 Å². The molecule has 164 valence electrons. The maximum atomic E-state index is 13.1. The van der Waals surface area contributed by atoms with Crippen LogP contribution in [0.2, 0.25) is 0 Å². The number of carbonyl (C=O) groups is 2. The summed E-state index contributed by atoms with van der Waals surface area (Å²) in [6.45, 7) is 10.6. The van der Waals surface area contributed by atoms with Gasteiger partial charge in [0.2, 0.25) is 0 Å². The number of Topliss-reactive ketones (excluding diaryl/α,β-unsaturated/α-hetero) is 1. The van der Waals surface area contributed by atoms with Gasteiger partial charge >= 0.3 is 0 Å². The molecule has 1 N–H and O–H groups in total. The number of aliphatic hydroxyl groups excluding tert-OH is 1. The molecule has 31 heavy (non-hydrogen) atoms. The van der Waals surface area contributed by atoms with Crippen LogP contribution in [0, 0.1) is 18.8 Å². The predicted molar refractivity (Wildman–Crippen MR) is 122 cm³/mol. The van der Waals surface area contributed by atoms with Crippen LogP contribution in [0.5, 0.6) is 5.75 Å². The van der Waals surface area contributed by atoms with E-state index >= 15 is 0 Å². The topological polar surface area (TPSA) is 66.8 Å². The van der Waals surface area contributed by atoms with E-state index in [0.29, 0.717) is 18.2 Å². The second kappa shape index (κ2) is 9.38. The molecular formula is C26H31NO4.